The molecule has 0 atom stereocenters. The Bertz CT molecular complexity index is 614. The predicted octanol–water partition coefficient (Wildman–Crippen LogP) is 3.59. The third-order valence-corrected chi connectivity index (χ3v) is 3.87. The van der Waals surface area contributed by atoms with Crippen LogP contribution in [-0.4, -0.2) is 21.6 Å². The van der Waals surface area contributed by atoms with Gasteiger partial charge in [-0.25, -0.2) is 14.4 Å². The van der Waals surface area contributed by atoms with Gasteiger partial charge in [0.1, 0.15) is 17.4 Å². The van der Waals surface area contributed by atoms with E-state index in [1.54, 1.807) is 0 Å². The molecule has 106 valence electrons. The topological polar surface area (TPSA) is 58.0 Å². The van der Waals surface area contributed by atoms with Gasteiger partial charge in [0.05, 0.1) is 9.26 Å². The number of phenolic OH excluding ortho intramolecular Hbond substituents is 1. The van der Waals surface area contributed by atoms with Crippen molar-refractivity contribution in [1.82, 2.24) is 9.97 Å². The molecule has 2 aromatic rings. The zero-order valence-corrected chi connectivity index (χ0v) is 13.4. The molecule has 2 N–H and O–H groups in total. The molecule has 4 nitrogen and oxygen atoms in total. The number of phenols is 1. The van der Waals surface area contributed by atoms with Crippen LogP contribution in [0.15, 0.2) is 18.2 Å². The number of rotatable bonds is 4. The van der Waals surface area contributed by atoms with Crippen LogP contribution in [0, 0.1) is 9.39 Å². The number of hydrogen-bond donors (Lipinski definition) is 2. The van der Waals surface area contributed by atoms with Crippen molar-refractivity contribution in [3.63, 3.8) is 0 Å². The molecule has 0 fully saturated rings. The molecule has 1 aromatic carbocycles. The molecule has 6 heteroatoms. The third kappa shape index (κ3) is 3.17. The maximum absolute atomic E-state index is 13.4. The second-order valence-electron chi connectivity index (χ2n) is 4.24. The monoisotopic (exact) mass is 387 g/mol. The molecule has 0 spiro atoms. The first-order chi connectivity index (χ1) is 9.55. The highest BCUT2D eigenvalue weighted by Gasteiger charge is 2.13. The number of aromatic nitrogens is 2. The lowest BCUT2D eigenvalue weighted by molar-refractivity contribution is 0.469. The Morgan fingerprint density at radius 1 is 1.25 bits per heavy atom. The van der Waals surface area contributed by atoms with E-state index in [4.69, 9.17) is 0 Å². The lowest BCUT2D eigenvalue weighted by atomic mass is 10.2. The van der Waals surface area contributed by atoms with E-state index in [0.29, 0.717) is 11.4 Å². The molecule has 20 heavy (non-hydrogen) atoms. The first kappa shape index (κ1) is 15.0. The highest BCUT2D eigenvalue weighted by Crippen LogP contribution is 2.27. The minimum atomic E-state index is -0.509. The fourth-order valence-corrected chi connectivity index (χ4v) is 2.66. The van der Waals surface area contributed by atoms with Crippen molar-refractivity contribution in [2.24, 2.45) is 0 Å². The van der Waals surface area contributed by atoms with E-state index in [9.17, 15) is 9.50 Å². The van der Waals surface area contributed by atoms with Crippen LogP contribution in [0.1, 0.15) is 19.5 Å². The van der Waals surface area contributed by atoms with Gasteiger partial charge in [0.15, 0.2) is 5.82 Å². The molecule has 1 aromatic heterocycles. The average molecular weight is 387 g/mol. The second-order valence-corrected chi connectivity index (χ2v) is 5.32. The van der Waals surface area contributed by atoms with Crippen LogP contribution in [-0.2, 0) is 6.42 Å². The van der Waals surface area contributed by atoms with Crippen LogP contribution in [0.3, 0.4) is 0 Å². The van der Waals surface area contributed by atoms with Gasteiger partial charge < -0.3 is 10.4 Å². The zero-order chi connectivity index (χ0) is 14.7. The van der Waals surface area contributed by atoms with E-state index in [-0.39, 0.29) is 5.75 Å². The van der Waals surface area contributed by atoms with Gasteiger partial charge in [0, 0.05) is 18.2 Å². The second kappa shape index (κ2) is 6.34. The van der Waals surface area contributed by atoms with Gasteiger partial charge in [0.25, 0.3) is 0 Å². The van der Waals surface area contributed by atoms with Gasteiger partial charge in [-0.2, -0.15) is 0 Å². The number of nitrogens with zero attached hydrogens (tertiary/aromatic N) is 2. The van der Waals surface area contributed by atoms with E-state index in [2.05, 4.69) is 37.9 Å². The number of nitrogens with one attached hydrogen (secondary N) is 1. The Hall–Kier alpha value is -1.44. The van der Waals surface area contributed by atoms with Crippen molar-refractivity contribution in [3.8, 4) is 17.1 Å². The summed E-state index contributed by atoms with van der Waals surface area (Å²) in [6.07, 6.45) is 0.757. The van der Waals surface area contributed by atoms with E-state index in [1.807, 2.05) is 13.8 Å². The average Bonchev–Trinajstić information content (AvgIpc) is 2.40. The lowest BCUT2D eigenvalue weighted by Crippen LogP contribution is -2.07. The van der Waals surface area contributed by atoms with Gasteiger partial charge >= 0.3 is 0 Å². The minimum absolute atomic E-state index is 0.134. The molecule has 0 saturated heterocycles. The number of aryl methyl sites for hydroxylation is 1. The van der Waals surface area contributed by atoms with Crippen molar-refractivity contribution in [1.29, 1.82) is 0 Å². The molecule has 0 saturated carbocycles. The highest BCUT2D eigenvalue weighted by molar-refractivity contribution is 14.1. The molecule has 0 aliphatic rings. The number of halogens is 2. The summed E-state index contributed by atoms with van der Waals surface area (Å²) in [7, 11) is 0. The Kier molecular flexibility index (Phi) is 4.74. The Balaban J connectivity index is 2.58. The van der Waals surface area contributed by atoms with Crippen molar-refractivity contribution in [2.45, 2.75) is 20.3 Å². The third-order valence-electron chi connectivity index (χ3n) is 2.74. The Morgan fingerprint density at radius 2 is 2.00 bits per heavy atom. The molecule has 0 aliphatic heterocycles. The minimum Gasteiger partial charge on any atom is -0.508 e. The maximum Gasteiger partial charge on any atom is 0.162 e. The molecule has 0 radical (unpaired) electrons. The lowest BCUT2D eigenvalue weighted by Gasteiger charge is -2.11. The van der Waals surface area contributed by atoms with Crippen molar-refractivity contribution < 1.29 is 9.50 Å². The Labute approximate surface area is 130 Å². The normalized spacial score (nSPS) is 10.6. The van der Waals surface area contributed by atoms with Crippen LogP contribution in [0.25, 0.3) is 11.4 Å². The molecule has 0 bridgehead atoms. The van der Waals surface area contributed by atoms with E-state index in [0.717, 1.165) is 34.1 Å². The summed E-state index contributed by atoms with van der Waals surface area (Å²) < 4.78 is 14.4. The van der Waals surface area contributed by atoms with E-state index >= 15 is 0 Å². The number of benzene rings is 1. The van der Waals surface area contributed by atoms with Crippen molar-refractivity contribution in [2.75, 3.05) is 11.9 Å². The molecular formula is C14H15FIN3O. The molecule has 0 aliphatic carbocycles. The van der Waals surface area contributed by atoms with Crippen molar-refractivity contribution in [3.05, 3.63) is 33.3 Å². The number of anilines is 1. The summed E-state index contributed by atoms with van der Waals surface area (Å²) in [5, 5.41) is 12.7. The van der Waals surface area contributed by atoms with E-state index < -0.39 is 5.82 Å². The maximum atomic E-state index is 13.4. The summed E-state index contributed by atoms with van der Waals surface area (Å²) in [5.41, 5.74) is 1.36. The molecule has 0 unspecified atom stereocenters. The standard InChI is InChI=1S/C14H15FIN3O/c1-3-11-12(16)14(17-4-2)19-13(18-11)8-5-9(15)7-10(20)6-8/h5-7,20H,3-4H2,1-2H3,(H,17,18,19). The van der Waals surface area contributed by atoms with Gasteiger partial charge in [-0.05, 0) is 48.1 Å². The fraction of sp³-hybridized carbons (Fsp3) is 0.286. The summed E-state index contributed by atoms with van der Waals surface area (Å²) in [4.78, 5) is 8.87. The van der Waals surface area contributed by atoms with Crippen LogP contribution in [0.5, 0.6) is 5.75 Å². The Morgan fingerprint density at radius 3 is 2.60 bits per heavy atom. The molecule has 2 rings (SSSR count). The fourth-order valence-electron chi connectivity index (χ4n) is 1.84. The van der Waals surface area contributed by atoms with Crippen LogP contribution < -0.4 is 5.32 Å². The van der Waals surface area contributed by atoms with Gasteiger partial charge in [0.2, 0.25) is 0 Å². The highest BCUT2D eigenvalue weighted by atomic mass is 127. The van der Waals surface area contributed by atoms with Gasteiger partial charge in [-0.15, -0.1) is 0 Å². The van der Waals surface area contributed by atoms with Crippen LogP contribution in [0.4, 0.5) is 10.2 Å². The van der Waals surface area contributed by atoms with Crippen molar-refractivity contribution >= 4 is 28.4 Å². The molecular weight excluding hydrogens is 372 g/mol. The zero-order valence-electron chi connectivity index (χ0n) is 11.2. The number of aromatic hydroxyl groups is 1. The van der Waals surface area contributed by atoms with Crippen LogP contribution in [0.2, 0.25) is 0 Å². The van der Waals surface area contributed by atoms with Gasteiger partial charge in [-0.1, -0.05) is 6.92 Å². The predicted molar refractivity (Wildman–Crippen MR) is 85.3 cm³/mol. The van der Waals surface area contributed by atoms with Gasteiger partial charge in [-0.3, -0.25) is 0 Å². The largest absolute Gasteiger partial charge is 0.508 e. The summed E-state index contributed by atoms with van der Waals surface area (Å²) in [5.74, 6) is 0.502. The quantitative estimate of drug-likeness (QED) is 0.788. The molecule has 1 heterocycles. The molecule has 0 amide bonds. The summed E-state index contributed by atoms with van der Waals surface area (Å²) in [6.45, 7) is 4.73. The first-order valence-corrected chi connectivity index (χ1v) is 7.43. The summed E-state index contributed by atoms with van der Waals surface area (Å²) >= 11 is 2.20. The SMILES string of the molecule is CCNc1nc(-c2cc(O)cc(F)c2)nc(CC)c1I. The smallest absolute Gasteiger partial charge is 0.162 e. The number of hydrogen-bond acceptors (Lipinski definition) is 4. The van der Waals surface area contributed by atoms with Crippen LogP contribution >= 0.6 is 22.6 Å². The first-order valence-electron chi connectivity index (χ1n) is 6.35. The summed E-state index contributed by atoms with van der Waals surface area (Å²) in [6, 6.07) is 3.83. The van der Waals surface area contributed by atoms with E-state index in [1.165, 1.54) is 12.1 Å².